The maximum absolute atomic E-state index is 13.0. The summed E-state index contributed by atoms with van der Waals surface area (Å²) in [6.07, 6.45) is 12.2. The number of aromatic nitrogens is 1. The number of fused-ring (bicyclic) bond motifs is 3. The third-order valence-electron chi connectivity index (χ3n) is 8.16. The van der Waals surface area contributed by atoms with E-state index in [2.05, 4.69) is 34.6 Å². The minimum Gasteiger partial charge on any atom is -0.358 e. The molecular formula is C24H30N2O. The Morgan fingerprint density at radius 2 is 1.78 bits per heavy atom. The molecule has 142 valence electrons. The number of para-hydroxylation sites is 1. The molecule has 0 aliphatic heterocycles. The molecule has 1 heterocycles. The molecule has 1 amide bonds. The Hall–Kier alpha value is -1.77. The predicted octanol–water partition coefficient (Wildman–Crippen LogP) is 4.75. The van der Waals surface area contributed by atoms with Crippen molar-refractivity contribution in [2.45, 2.75) is 70.3 Å². The van der Waals surface area contributed by atoms with E-state index in [9.17, 15) is 4.79 Å². The van der Waals surface area contributed by atoms with Gasteiger partial charge in [0, 0.05) is 35.5 Å². The Labute approximate surface area is 161 Å². The lowest BCUT2D eigenvalue weighted by Gasteiger charge is -2.56. The van der Waals surface area contributed by atoms with Crippen LogP contribution in [0.25, 0.3) is 10.9 Å². The normalized spacial score (nSPS) is 36.7. The first-order valence-electron chi connectivity index (χ1n) is 11.0. The Morgan fingerprint density at radius 3 is 2.52 bits per heavy atom. The summed E-state index contributed by atoms with van der Waals surface area (Å²) in [5.41, 5.74) is 4.39. The second-order valence-electron chi connectivity index (χ2n) is 10.2. The van der Waals surface area contributed by atoms with Crippen LogP contribution in [0.1, 0.15) is 62.6 Å². The molecule has 0 saturated heterocycles. The molecule has 1 unspecified atom stereocenters. The summed E-state index contributed by atoms with van der Waals surface area (Å²) < 4.78 is 0. The number of aromatic amines is 1. The first-order valence-corrected chi connectivity index (χ1v) is 11.0. The third-order valence-corrected chi connectivity index (χ3v) is 8.16. The average Bonchev–Trinajstić information content (AvgIpc) is 2.97. The Kier molecular flexibility index (Phi) is 3.52. The maximum Gasteiger partial charge on any atom is 0.220 e. The van der Waals surface area contributed by atoms with Crippen LogP contribution >= 0.6 is 0 Å². The number of H-pyrrole nitrogens is 1. The van der Waals surface area contributed by atoms with Crippen LogP contribution in [0.5, 0.6) is 0 Å². The van der Waals surface area contributed by atoms with Crippen LogP contribution in [0.2, 0.25) is 0 Å². The number of hydrogen-bond acceptors (Lipinski definition) is 1. The summed E-state index contributed by atoms with van der Waals surface area (Å²) in [7, 11) is 0. The number of nitrogens with one attached hydrogen (secondary N) is 2. The van der Waals surface area contributed by atoms with Gasteiger partial charge in [-0.05, 0) is 86.2 Å². The molecule has 0 radical (unpaired) electrons. The fourth-order valence-corrected chi connectivity index (χ4v) is 7.63. The smallest absolute Gasteiger partial charge is 0.220 e. The van der Waals surface area contributed by atoms with Gasteiger partial charge in [0.25, 0.3) is 0 Å². The molecule has 0 spiro atoms. The molecule has 5 aliphatic carbocycles. The van der Waals surface area contributed by atoms with E-state index in [1.54, 1.807) is 0 Å². The van der Waals surface area contributed by atoms with E-state index in [4.69, 9.17) is 0 Å². The van der Waals surface area contributed by atoms with E-state index in [-0.39, 0.29) is 0 Å². The van der Waals surface area contributed by atoms with Crippen LogP contribution in [-0.4, -0.2) is 16.9 Å². The first-order chi connectivity index (χ1) is 13.2. The number of carbonyl (C=O) groups is 1. The largest absolute Gasteiger partial charge is 0.358 e. The zero-order valence-electron chi connectivity index (χ0n) is 16.1. The van der Waals surface area contributed by atoms with Crippen LogP contribution in [0.15, 0.2) is 24.3 Å². The van der Waals surface area contributed by atoms with E-state index in [1.807, 2.05) is 0 Å². The monoisotopic (exact) mass is 362 g/mol. The number of hydrogen-bond donors (Lipinski definition) is 2. The number of rotatable bonds is 3. The molecular weight excluding hydrogens is 332 g/mol. The van der Waals surface area contributed by atoms with Crippen molar-refractivity contribution in [2.24, 2.45) is 23.2 Å². The fourth-order valence-electron chi connectivity index (χ4n) is 7.63. The fraction of sp³-hybridized carbons (Fsp3) is 0.625. The van der Waals surface area contributed by atoms with E-state index in [0.29, 0.717) is 17.4 Å². The number of amides is 1. The third kappa shape index (κ3) is 2.73. The van der Waals surface area contributed by atoms with E-state index >= 15 is 0 Å². The van der Waals surface area contributed by atoms with Crippen molar-refractivity contribution in [2.75, 3.05) is 0 Å². The molecule has 27 heavy (non-hydrogen) atoms. The van der Waals surface area contributed by atoms with E-state index < -0.39 is 0 Å². The molecule has 2 aromatic rings. The second kappa shape index (κ2) is 5.86. The molecule has 3 heteroatoms. The number of aryl methyl sites for hydroxylation is 1. The van der Waals surface area contributed by atoms with Gasteiger partial charge in [-0.15, -0.1) is 0 Å². The maximum atomic E-state index is 13.0. The lowest BCUT2D eigenvalue weighted by atomic mass is 9.49. The highest BCUT2D eigenvalue weighted by molar-refractivity contribution is 5.85. The van der Waals surface area contributed by atoms with Crippen molar-refractivity contribution in [1.29, 1.82) is 0 Å². The molecule has 1 atom stereocenters. The van der Waals surface area contributed by atoms with Crippen molar-refractivity contribution in [1.82, 2.24) is 10.3 Å². The van der Waals surface area contributed by atoms with Gasteiger partial charge < -0.3 is 10.3 Å². The Balaban J connectivity index is 1.14. The summed E-state index contributed by atoms with van der Waals surface area (Å²) >= 11 is 0. The minimum atomic E-state index is 0.298. The predicted molar refractivity (Wildman–Crippen MR) is 107 cm³/mol. The van der Waals surface area contributed by atoms with Crippen LogP contribution in [0.3, 0.4) is 0 Å². The van der Waals surface area contributed by atoms with Gasteiger partial charge in [0.2, 0.25) is 5.91 Å². The number of carbonyl (C=O) groups excluding carboxylic acids is 1. The Morgan fingerprint density at radius 1 is 1.07 bits per heavy atom. The molecule has 3 nitrogen and oxygen atoms in total. The van der Waals surface area contributed by atoms with Gasteiger partial charge in [-0.2, -0.15) is 0 Å². The van der Waals surface area contributed by atoms with Gasteiger partial charge in [0.05, 0.1) is 0 Å². The van der Waals surface area contributed by atoms with Crippen molar-refractivity contribution in [3.8, 4) is 0 Å². The highest BCUT2D eigenvalue weighted by Crippen LogP contribution is 2.61. The van der Waals surface area contributed by atoms with Crippen molar-refractivity contribution < 1.29 is 4.79 Å². The summed E-state index contributed by atoms with van der Waals surface area (Å²) in [4.78, 5) is 16.6. The standard InChI is InChI=1S/C24H30N2O/c27-23(14-24-11-15-7-16(12-24)9-17(8-15)13-24)25-18-5-6-20-19-3-1-2-4-21(19)26-22(20)10-18/h1-4,15-18,26H,5-14H2,(H,25,27). The van der Waals surface area contributed by atoms with Crippen molar-refractivity contribution in [3.63, 3.8) is 0 Å². The van der Waals surface area contributed by atoms with Gasteiger partial charge >= 0.3 is 0 Å². The minimum absolute atomic E-state index is 0.298. The highest BCUT2D eigenvalue weighted by Gasteiger charge is 2.51. The zero-order chi connectivity index (χ0) is 18.0. The number of benzene rings is 1. The topological polar surface area (TPSA) is 44.9 Å². The molecule has 1 aromatic carbocycles. The van der Waals surface area contributed by atoms with Gasteiger partial charge in [-0.25, -0.2) is 0 Å². The lowest BCUT2D eigenvalue weighted by Crippen LogP contribution is -2.49. The summed E-state index contributed by atoms with van der Waals surface area (Å²) in [5, 5.41) is 4.79. The molecule has 4 bridgehead atoms. The molecule has 2 N–H and O–H groups in total. The first kappa shape index (κ1) is 16.2. The van der Waals surface area contributed by atoms with Crippen molar-refractivity contribution >= 4 is 16.8 Å². The van der Waals surface area contributed by atoms with E-state index in [1.165, 1.54) is 60.7 Å². The van der Waals surface area contributed by atoms with Crippen LogP contribution in [0, 0.1) is 23.2 Å². The summed E-state index contributed by atoms with van der Waals surface area (Å²) in [5.74, 6) is 3.09. The molecule has 5 aliphatic rings. The van der Waals surface area contributed by atoms with Gasteiger partial charge in [0.1, 0.15) is 0 Å². The van der Waals surface area contributed by atoms with Gasteiger partial charge in [-0.3, -0.25) is 4.79 Å². The molecule has 7 rings (SSSR count). The average molecular weight is 363 g/mol. The van der Waals surface area contributed by atoms with Crippen LogP contribution in [0.4, 0.5) is 0 Å². The molecule has 4 saturated carbocycles. The highest BCUT2D eigenvalue weighted by atomic mass is 16.1. The second-order valence-corrected chi connectivity index (χ2v) is 10.2. The lowest BCUT2D eigenvalue weighted by molar-refractivity contribution is -0.130. The zero-order valence-corrected chi connectivity index (χ0v) is 16.1. The molecule has 4 fully saturated rings. The summed E-state index contributed by atoms with van der Waals surface area (Å²) in [6.45, 7) is 0. The quantitative estimate of drug-likeness (QED) is 0.813. The van der Waals surface area contributed by atoms with Crippen LogP contribution < -0.4 is 5.32 Å². The molecule has 1 aromatic heterocycles. The van der Waals surface area contributed by atoms with Crippen LogP contribution in [-0.2, 0) is 17.6 Å². The van der Waals surface area contributed by atoms with Gasteiger partial charge in [-0.1, -0.05) is 18.2 Å². The summed E-state index contributed by atoms with van der Waals surface area (Å²) in [6, 6.07) is 8.89. The Bertz CT molecular complexity index is 860. The SMILES string of the molecule is O=C(CC12CC3CC(CC(C3)C1)C2)NC1CCc2c([nH]c3ccccc23)C1. The van der Waals surface area contributed by atoms with Crippen molar-refractivity contribution in [3.05, 3.63) is 35.5 Å². The van der Waals surface area contributed by atoms with Gasteiger partial charge in [0.15, 0.2) is 0 Å². The van der Waals surface area contributed by atoms with E-state index in [0.717, 1.165) is 43.4 Å².